The van der Waals surface area contributed by atoms with Gasteiger partial charge >= 0.3 is 6.09 Å². The number of amides is 1. The molecule has 2 rings (SSSR count). The maximum absolute atomic E-state index is 12.1. The Balaban J connectivity index is 2.94. The summed E-state index contributed by atoms with van der Waals surface area (Å²) in [4.78, 5) is 17.3. The van der Waals surface area contributed by atoms with Crippen molar-refractivity contribution < 1.29 is 23.1 Å². The van der Waals surface area contributed by atoms with Gasteiger partial charge in [-0.15, -0.1) is 0 Å². The molecule has 0 fully saturated rings. The second kappa shape index (κ2) is 9.35. The normalized spacial score (nSPS) is 12.7. The summed E-state index contributed by atoms with van der Waals surface area (Å²) in [7, 11) is -3.56. The molecule has 0 saturated heterocycles. The van der Waals surface area contributed by atoms with Crippen molar-refractivity contribution in [2.75, 3.05) is 12.9 Å². The average Bonchev–Trinajstić information content (AvgIpc) is 2.66. The molecule has 1 amide bonds. The van der Waals surface area contributed by atoms with Crippen LogP contribution in [0.3, 0.4) is 0 Å². The highest BCUT2D eigenvalue weighted by Gasteiger charge is 2.35. The van der Waals surface area contributed by atoms with Crippen LogP contribution < -0.4 is 4.74 Å². The van der Waals surface area contributed by atoms with Crippen LogP contribution in [0, 0.1) is 11.3 Å². The van der Waals surface area contributed by atoms with Crippen LogP contribution in [0.5, 0.6) is 5.75 Å². The van der Waals surface area contributed by atoms with Crippen molar-refractivity contribution >= 4 is 27.5 Å². The van der Waals surface area contributed by atoms with Gasteiger partial charge in [-0.2, -0.15) is 5.26 Å². The number of halogens is 1. The van der Waals surface area contributed by atoms with E-state index in [0.29, 0.717) is 11.1 Å². The molecular formula is C22H26ClN3O5S. The number of carbonyl (C=O) groups is 1. The van der Waals surface area contributed by atoms with E-state index < -0.39 is 27.5 Å². The van der Waals surface area contributed by atoms with Crippen LogP contribution in [0.2, 0.25) is 5.02 Å². The summed E-state index contributed by atoms with van der Waals surface area (Å²) in [6.45, 7) is 8.98. The summed E-state index contributed by atoms with van der Waals surface area (Å²) in [5.41, 5.74) is 0.374. The predicted octanol–water partition coefficient (Wildman–Crippen LogP) is 4.92. The number of hydrogen-bond acceptors (Lipinski definition) is 6. The number of carboxylic acid groups (broad SMARTS) is 1. The van der Waals surface area contributed by atoms with Crippen LogP contribution in [-0.4, -0.2) is 47.9 Å². The minimum absolute atomic E-state index is 0.0298. The minimum atomic E-state index is -3.56. The average molecular weight is 480 g/mol. The van der Waals surface area contributed by atoms with Crippen molar-refractivity contribution in [3.8, 4) is 22.9 Å². The first-order chi connectivity index (χ1) is 14.7. The molecule has 2 aromatic rings. The first kappa shape index (κ1) is 25.4. The van der Waals surface area contributed by atoms with Crippen LogP contribution in [0.25, 0.3) is 11.1 Å². The molecule has 0 aliphatic heterocycles. The molecule has 172 valence electrons. The lowest BCUT2D eigenvalue weighted by molar-refractivity contribution is 0.0744. The van der Waals surface area contributed by atoms with E-state index in [-0.39, 0.29) is 33.4 Å². The van der Waals surface area contributed by atoms with Gasteiger partial charge in [0, 0.05) is 40.9 Å². The van der Waals surface area contributed by atoms with Gasteiger partial charge in [-0.3, -0.25) is 9.88 Å². The molecule has 0 spiro atoms. The van der Waals surface area contributed by atoms with E-state index in [1.54, 1.807) is 34.6 Å². The van der Waals surface area contributed by atoms with E-state index in [1.807, 2.05) is 6.07 Å². The fraction of sp³-hybridized carbons (Fsp3) is 0.409. The van der Waals surface area contributed by atoms with Gasteiger partial charge < -0.3 is 9.84 Å². The first-order valence-corrected chi connectivity index (χ1v) is 12.1. The fourth-order valence-electron chi connectivity index (χ4n) is 3.58. The van der Waals surface area contributed by atoms with Crippen molar-refractivity contribution in [1.82, 2.24) is 9.88 Å². The van der Waals surface area contributed by atoms with Crippen molar-refractivity contribution in [2.45, 2.75) is 51.1 Å². The minimum Gasteiger partial charge on any atom is -0.493 e. The molecule has 1 N–H and O–H groups in total. The van der Waals surface area contributed by atoms with E-state index in [1.165, 1.54) is 29.4 Å². The van der Waals surface area contributed by atoms with Crippen molar-refractivity contribution in [2.24, 2.45) is 0 Å². The Bertz CT molecular complexity index is 1180. The Morgan fingerprint density at radius 2 is 1.97 bits per heavy atom. The number of aromatic nitrogens is 1. The zero-order chi connectivity index (χ0) is 24.4. The van der Waals surface area contributed by atoms with Gasteiger partial charge in [-0.1, -0.05) is 11.6 Å². The summed E-state index contributed by atoms with van der Waals surface area (Å²) in [6.07, 6.45) is 2.56. The molecule has 1 aromatic carbocycles. The third kappa shape index (κ3) is 5.14. The standard InChI is InChI=1S/C22H26ClN3O5S/c1-7-31-20-16(13(2)26(21(27)28)22(3,4)5)9-18(23)17(10-24)19(20)14-8-15(12-25-11-14)32(6,29)30/h8-9,11-13H,7H2,1-6H3,(H,27,28). The quantitative estimate of drug-likeness (QED) is 0.624. The maximum Gasteiger partial charge on any atom is 0.408 e. The van der Waals surface area contributed by atoms with Crippen LogP contribution >= 0.6 is 11.6 Å². The maximum atomic E-state index is 12.1. The Kier molecular flexibility index (Phi) is 7.43. The van der Waals surface area contributed by atoms with Gasteiger partial charge in [0.2, 0.25) is 0 Å². The summed E-state index contributed by atoms with van der Waals surface area (Å²) in [5, 5.41) is 19.8. The number of hydrogen-bond donors (Lipinski definition) is 1. The van der Waals surface area contributed by atoms with Crippen LogP contribution in [-0.2, 0) is 9.84 Å². The molecule has 8 nitrogen and oxygen atoms in total. The van der Waals surface area contributed by atoms with Gasteiger partial charge in [0.25, 0.3) is 0 Å². The highest BCUT2D eigenvalue weighted by atomic mass is 35.5. The number of rotatable bonds is 6. The molecule has 1 unspecified atom stereocenters. The summed E-state index contributed by atoms with van der Waals surface area (Å²) < 4.78 is 30.0. The second-order valence-electron chi connectivity index (χ2n) is 8.25. The van der Waals surface area contributed by atoms with Gasteiger partial charge in [-0.05, 0) is 46.8 Å². The van der Waals surface area contributed by atoms with E-state index in [9.17, 15) is 23.6 Å². The first-order valence-electron chi connectivity index (χ1n) is 9.81. The zero-order valence-electron chi connectivity index (χ0n) is 18.8. The lowest BCUT2D eigenvalue weighted by Crippen LogP contribution is -2.46. The number of sulfone groups is 1. The Labute approximate surface area is 193 Å². The van der Waals surface area contributed by atoms with Gasteiger partial charge in [-0.25, -0.2) is 13.2 Å². The van der Waals surface area contributed by atoms with Gasteiger partial charge in [0.1, 0.15) is 11.8 Å². The van der Waals surface area contributed by atoms with E-state index in [0.717, 1.165) is 6.26 Å². The number of pyridine rings is 1. The van der Waals surface area contributed by atoms with Gasteiger partial charge in [0.15, 0.2) is 9.84 Å². The molecule has 0 saturated carbocycles. The monoisotopic (exact) mass is 479 g/mol. The summed E-state index contributed by atoms with van der Waals surface area (Å²) in [6, 6.07) is 4.27. The Morgan fingerprint density at radius 3 is 2.44 bits per heavy atom. The number of nitrogens with zero attached hydrogens (tertiary/aromatic N) is 3. The van der Waals surface area contributed by atoms with E-state index in [4.69, 9.17) is 16.3 Å². The fourth-order valence-corrected chi connectivity index (χ4v) is 4.43. The Hall–Kier alpha value is -2.83. The number of ether oxygens (including phenoxy) is 1. The van der Waals surface area contributed by atoms with E-state index >= 15 is 0 Å². The largest absolute Gasteiger partial charge is 0.493 e. The second-order valence-corrected chi connectivity index (χ2v) is 10.7. The molecule has 0 radical (unpaired) electrons. The Morgan fingerprint density at radius 1 is 1.34 bits per heavy atom. The molecule has 0 aliphatic rings. The highest BCUT2D eigenvalue weighted by molar-refractivity contribution is 7.90. The van der Waals surface area contributed by atoms with Gasteiger partial charge in [0.05, 0.1) is 28.1 Å². The van der Waals surface area contributed by atoms with Crippen molar-refractivity contribution in [1.29, 1.82) is 5.26 Å². The van der Waals surface area contributed by atoms with Crippen LogP contribution in [0.1, 0.15) is 51.8 Å². The molecule has 0 aliphatic carbocycles. The highest BCUT2D eigenvalue weighted by Crippen LogP contribution is 2.45. The molecule has 1 atom stereocenters. The van der Waals surface area contributed by atoms with Crippen molar-refractivity contribution in [3.05, 3.63) is 40.7 Å². The molecule has 1 heterocycles. The third-order valence-corrected chi connectivity index (χ3v) is 6.23. The zero-order valence-corrected chi connectivity index (χ0v) is 20.4. The molecular weight excluding hydrogens is 454 g/mol. The smallest absolute Gasteiger partial charge is 0.408 e. The molecule has 0 bridgehead atoms. The molecule has 32 heavy (non-hydrogen) atoms. The molecule has 1 aromatic heterocycles. The van der Waals surface area contributed by atoms with Crippen LogP contribution in [0.4, 0.5) is 4.79 Å². The lowest BCUT2D eigenvalue weighted by atomic mass is 9.92. The number of benzene rings is 1. The third-order valence-electron chi connectivity index (χ3n) is 4.86. The molecule has 10 heteroatoms. The summed E-state index contributed by atoms with van der Waals surface area (Å²) >= 11 is 6.45. The van der Waals surface area contributed by atoms with Crippen molar-refractivity contribution in [3.63, 3.8) is 0 Å². The lowest BCUT2D eigenvalue weighted by Gasteiger charge is -2.39. The SMILES string of the molecule is CCOc1c(C(C)N(C(=O)O)C(C)(C)C)cc(Cl)c(C#N)c1-c1cncc(S(C)(=O)=O)c1. The summed E-state index contributed by atoms with van der Waals surface area (Å²) in [5.74, 6) is 0.254. The number of nitriles is 1. The topological polar surface area (TPSA) is 121 Å². The van der Waals surface area contributed by atoms with Crippen LogP contribution in [0.15, 0.2) is 29.4 Å². The van der Waals surface area contributed by atoms with E-state index in [2.05, 4.69) is 4.98 Å². The predicted molar refractivity (Wildman–Crippen MR) is 122 cm³/mol.